The lowest BCUT2D eigenvalue weighted by molar-refractivity contribution is -0.120. The molecule has 5 nitrogen and oxygen atoms in total. The molecule has 0 saturated heterocycles. The molecule has 4 aromatic rings. The van der Waals surface area contributed by atoms with E-state index in [1.165, 1.54) is 23.9 Å². The lowest BCUT2D eigenvalue weighted by Crippen LogP contribution is -2.33. The number of carbonyl (C=O) groups is 1. The molecule has 29 heavy (non-hydrogen) atoms. The highest BCUT2D eigenvalue weighted by Gasteiger charge is 2.21. The number of carbonyl (C=O) groups excluding carboxylic acids is 1. The Morgan fingerprint density at radius 2 is 1.83 bits per heavy atom. The lowest BCUT2D eigenvalue weighted by atomic mass is 10.1. The van der Waals surface area contributed by atoms with E-state index in [0.717, 1.165) is 27.7 Å². The zero-order valence-corrected chi connectivity index (χ0v) is 17.2. The highest BCUT2D eigenvalue weighted by atomic mass is 32.2. The smallest absolute Gasteiger partial charge is 0.233 e. The van der Waals surface area contributed by atoms with E-state index < -0.39 is 0 Å². The van der Waals surface area contributed by atoms with Gasteiger partial charge in [0.25, 0.3) is 0 Å². The molecule has 1 amide bonds. The molecule has 2 heterocycles. The topological polar surface area (TPSA) is 59.3 Å². The number of para-hydroxylation sites is 1. The van der Waals surface area contributed by atoms with Gasteiger partial charge in [-0.3, -0.25) is 9.20 Å². The van der Waals surface area contributed by atoms with Gasteiger partial charge in [-0.2, -0.15) is 0 Å². The third kappa shape index (κ3) is 3.82. The van der Waals surface area contributed by atoms with Crippen LogP contribution < -0.4 is 5.32 Å². The Morgan fingerprint density at radius 1 is 1.10 bits per heavy atom. The second kappa shape index (κ2) is 7.83. The van der Waals surface area contributed by atoms with Crippen LogP contribution in [0.15, 0.2) is 59.8 Å². The third-order valence-corrected chi connectivity index (χ3v) is 6.00. The number of nitrogens with one attached hydrogen (secondary N) is 1. The standard InChI is InChI=1S/C22H21FN4OS/c1-13-12-20-25-26-22(27(20)19-7-5-4-6-18(13)19)29-15(3)21(28)24-14(2)16-8-10-17(23)11-9-16/h4-12,14-15H,1-3H3,(H,24,28)/t14-,15+/m0/s1. The van der Waals surface area contributed by atoms with Gasteiger partial charge in [-0.25, -0.2) is 4.39 Å². The van der Waals surface area contributed by atoms with Gasteiger partial charge in [-0.15, -0.1) is 10.2 Å². The third-order valence-electron chi connectivity index (χ3n) is 4.95. The molecule has 0 saturated carbocycles. The molecule has 0 unspecified atom stereocenters. The van der Waals surface area contributed by atoms with Gasteiger partial charge < -0.3 is 5.32 Å². The van der Waals surface area contributed by atoms with E-state index in [2.05, 4.69) is 28.5 Å². The minimum Gasteiger partial charge on any atom is -0.349 e. The van der Waals surface area contributed by atoms with Crippen LogP contribution in [0.2, 0.25) is 0 Å². The van der Waals surface area contributed by atoms with Crippen LogP contribution in [-0.4, -0.2) is 25.8 Å². The van der Waals surface area contributed by atoms with Crippen LogP contribution in [-0.2, 0) is 4.79 Å². The molecule has 1 N–H and O–H groups in total. The molecule has 0 spiro atoms. The lowest BCUT2D eigenvalue weighted by Gasteiger charge is -2.17. The summed E-state index contributed by atoms with van der Waals surface area (Å²) in [5.74, 6) is -0.405. The fourth-order valence-corrected chi connectivity index (χ4v) is 4.20. The van der Waals surface area contributed by atoms with Crippen LogP contribution in [0.1, 0.15) is 31.0 Å². The number of benzene rings is 2. The number of pyridine rings is 1. The van der Waals surface area contributed by atoms with Gasteiger partial charge in [0.05, 0.1) is 16.8 Å². The second-order valence-corrected chi connectivity index (χ2v) is 8.37. The Kier molecular flexibility index (Phi) is 5.24. The first kappa shape index (κ1) is 19.4. The van der Waals surface area contributed by atoms with Crippen molar-refractivity contribution < 1.29 is 9.18 Å². The number of halogens is 1. The highest BCUT2D eigenvalue weighted by molar-refractivity contribution is 8.00. The van der Waals surface area contributed by atoms with Crippen molar-refractivity contribution in [1.82, 2.24) is 19.9 Å². The van der Waals surface area contributed by atoms with Crippen LogP contribution >= 0.6 is 11.8 Å². The van der Waals surface area contributed by atoms with Crippen molar-refractivity contribution in [2.45, 2.75) is 37.2 Å². The summed E-state index contributed by atoms with van der Waals surface area (Å²) in [5, 5.41) is 13.0. The van der Waals surface area contributed by atoms with Gasteiger partial charge in [0.1, 0.15) is 5.82 Å². The van der Waals surface area contributed by atoms with E-state index >= 15 is 0 Å². The molecule has 0 aliphatic rings. The predicted molar refractivity (Wildman–Crippen MR) is 114 cm³/mol. The summed E-state index contributed by atoms with van der Waals surface area (Å²) < 4.78 is 15.1. The summed E-state index contributed by atoms with van der Waals surface area (Å²) in [6.07, 6.45) is 0. The maximum absolute atomic E-state index is 13.1. The van der Waals surface area contributed by atoms with E-state index in [9.17, 15) is 9.18 Å². The van der Waals surface area contributed by atoms with E-state index in [4.69, 9.17) is 0 Å². The van der Waals surface area contributed by atoms with Crippen molar-refractivity contribution in [2.75, 3.05) is 0 Å². The molecule has 2 aromatic heterocycles. The summed E-state index contributed by atoms with van der Waals surface area (Å²) in [5.41, 5.74) is 3.76. The quantitative estimate of drug-likeness (QED) is 0.487. The van der Waals surface area contributed by atoms with Crippen molar-refractivity contribution in [3.8, 4) is 0 Å². The molecular weight excluding hydrogens is 387 g/mol. The molecule has 0 radical (unpaired) electrons. The minimum absolute atomic E-state index is 0.111. The Labute approximate surface area is 172 Å². The number of aromatic nitrogens is 3. The van der Waals surface area contributed by atoms with Gasteiger partial charge in [0.2, 0.25) is 5.91 Å². The highest BCUT2D eigenvalue weighted by Crippen LogP contribution is 2.28. The molecule has 0 bridgehead atoms. The number of nitrogens with zero attached hydrogens (tertiary/aromatic N) is 3. The summed E-state index contributed by atoms with van der Waals surface area (Å²) in [7, 11) is 0. The van der Waals surface area contributed by atoms with Gasteiger partial charge >= 0.3 is 0 Å². The number of hydrogen-bond donors (Lipinski definition) is 1. The van der Waals surface area contributed by atoms with E-state index in [1.54, 1.807) is 12.1 Å². The Hall–Kier alpha value is -2.93. The Bertz CT molecular complexity index is 1190. The van der Waals surface area contributed by atoms with E-state index in [-0.39, 0.29) is 23.0 Å². The van der Waals surface area contributed by atoms with E-state index in [0.29, 0.717) is 5.16 Å². The summed E-state index contributed by atoms with van der Waals surface area (Å²) in [4.78, 5) is 12.7. The monoisotopic (exact) mass is 408 g/mol. The zero-order valence-electron chi connectivity index (χ0n) is 16.4. The van der Waals surface area contributed by atoms with Crippen LogP contribution in [0.3, 0.4) is 0 Å². The summed E-state index contributed by atoms with van der Waals surface area (Å²) in [6, 6.07) is 16.0. The van der Waals surface area contributed by atoms with Crippen LogP contribution in [0.5, 0.6) is 0 Å². The molecule has 7 heteroatoms. The largest absolute Gasteiger partial charge is 0.349 e. The molecule has 148 valence electrons. The second-order valence-electron chi connectivity index (χ2n) is 7.06. The first-order valence-electron chi connectivity index (χ1n) is 9.40. The number of hydrogen-bond acceptors (Lipinski definition) is 4. The number of fused-ring (bicyclic) bond motifs is 3. The number of aryl methyl sites for hydroxylation is 1. The minimum atomic E-state index is -0.370. The van der Waals surface area contributed by atoms with Crippen molar-refractivity contribution in [2.24, 2.45) is 0 Å². The van der Waals surface area contributed by atoms with Crippen molar-refractivity contribution in [1.29, 1.82) is 0 Å². The molecule has 0 aliphatic carbocycles. The van der Waals surface area contributed by atoms with Crippen LogP contribution in [0, 0.1) is 12.7 Å². The molecule has 2 atom stereocenters. The molecule has 0 fully saturated rings. The normalized spacial score (nSPS) is 13.5. The van der Waals surface area contributed by atoms with Gasteiger partial charge in [0, 0.05) is 5.39 Å². The average Bonchev–Trinajstić information content (AvgIpc) is 3.11. The summed E-state index contributed by atoms with van der Waals surface area (Å²) in [6.45, 7) is 5.77. The van der Waals surface area contributed by atoms with E-state index in [1.807, 2.05) is 42.5 Å². The molecule has 4 rings (SSSR count). The fraction of sp³-hybridized carbons (Fsp3) is 0.227. The number of amides is 1. The predicted octanol–water partition coefficient (Wildman–Crippen LogP) is 4.69. The maximum atomic E-state index is 13.1. The average molecular weight is 409 g/mol. The van der Waals surface area contributed by atoms with Crippen molar-refractivity contribution >= 4 is 34.2 Å². The van der Waals surface area contributed by atoms with Crippen molar-refractivity contribution in [3.05, 3.63) is 71.5 Å². The van der Waals surface area contributed by atoms with Gasteiger partial charge in [-0.1, -0.05) is 42.1 Å². The first-order valence-corrected chi connectivity index (χ1v) is 10.3. The first-order chi connectivity index (χ1) is 13.9. The van der Waals surface area contributed by atoms with Crippen LogP contribution in [0.25, 0.3) is 16.6 Å². The number of thioether (sulfide) groups is 1. The SMILES string of the molecule is Cc1cc2nnc(S[C@H](C)C(=O)N[C@@H](C)c3ccc(F)cc3)n2c2ccccc12. The van der Waals surface area contributed by atoms with Crippen LogP contribution in [0.4, 0.5) is 4.39 Å². The Morgan fingerprint density at radius 3 is 2.59 bits per heavy atom. The molecule has 2 aromatic carbocycles. The Balaban J connectivity index is 1.56. The van der Waals surface area contributed by atoms with Gasteiger partial charge in [-0.05, 0) is 56.2 Å². The summed E-state index contributed by atoms with van der Waals surface area (Å²) >= 11 is 1.37. The maximum Gasteiger partial charge on any atom is 0.233 e. The molecular formula is C22H21FN4OS. The van der Waals surface area contributed by atoms with Crippen molar-refractivity contribution in [3.63, 3.8) is 0 Å². The number of rotatable bonds is 5. The fourth-order valence-electron chi connectivity index (χ4n) is 3.33. The zero-order chi connectivity index (χ0) is 20.5. The van der Waals surface area contributed by atoms with Gasteiger partial charge in [0.15, 0.2) is 10.8 Å². The molecule has 0 aliphatic heterocycles.